The number of nitrogens with one attached hydrogen (secondary N) is 2. The number of rotatable bonds is 3. The average molecular weight is 312 g/mol. The molecule has 2 aliphatic rings. The zero-order valence-corrected chi connectivity index (χ0v) is 13.7. The molecule has 0 atom stereocenters. The van der Waals surface area contributed by atoms with Gasteiger partial charge in [0.05, 0.1) is 0 Å². The first-order chi connectivity index (χ1) is 11.0. The van der Waals surface area contributed by atoms with Crippen LogP contribution in [0.3, 0.4) is 0 Å². The van der Waals surface area contributed by atoms with Crippen molar-refractivity contribution in [3.05, 3.63) is 36.0 Å². The monoisotopic (exact) mass is 312 g/mol. The van der Waals surface area contributed by atoms with Crippen LogP contribution in [-0.4, -0.2) is 11.7 Å². The average Bonchev–Trinajstić information content (AvgIpc) is 2.48. The van der Waals surface area contributed by atoms with Gasteiger partial charge in [-0.15, -0.1) is 0 Å². The van der Waals surface area contributed by atoms with E-state index >= 15 is 0 Å². The molecule has 0 unspecified atom stereocenters. The van der Waals surface area contributed by atoms with Crippen molar-refractivity contribution in [3.8, 4) is 0 Å². The van der Waals surface area contributed by atoms with Crippen molar-refractivity contribution >= 4 is 23.1 Å². The minimum atomic E-state index is -0.0782. The van der Waals surface area contributed by atoms with E-state index in [-0.39, 0.29) is 17.1 Å². The maximum atomic E-state index is 12.1. The lowest BCUT2D eigenvalue weighted by Gasteiger charge is -2.39. The fourth-order valence-electron chi connectivity index (χ4n) is 3.89. The van der Waals surface area contributed by atoms with Gasteiger partial charge >= 0.3 is 0 Å². The topological polar surface area (TPSA) is 58.2 Å². The number of anilines is 2. The van der Waals surface area contributed by atoms with Crippen molar-refractivity contribution in [1.82, 2.24) is 0 Å². The van der Waals surface area contributed by atoms with Gasteiger partial charge in [-0.2, -0.15) is 0 Å². The molecule has 1 amide bonds. The summed E-state index contributed by atoms with van der Waals surface area (Å²) in [7, 11) is 0. The molecule has 23 heavy (non-hydrogen) atoms. The van der Waals surface area contributed by atoms with E-state index in [1.54, 1.807) is 6.08 Å². The molecule has 0 heterocycles. The number of carbonyl (C=O) groups excluding carboxylic acids is 2. The molecule has 0 aromatic heterocycles. The van der Waals surface area contributed by atoms with Gasteiger partial charge in [-0.05, 0) is 48.9 Å². The van der Waals surface area contributed by atoms with Crippen LogP contribution >= 0.6 is 0 Å². The first-order valence-corrected chi connectivity index (χ1v) is 8.43. The Labute approximate surface area is 137 Å². The maximum absolute atomic E-state index is 12.1. The van der Waals surface area contributed by atoms with Crippen molar-refractivity contribution in [2.24, 2.45) is 5.41 Å². The number of benzene rings is 1. The number of ketones is 1. The first kappa shape index (κ1) is 15.8. The molecule has 1 aromatic carbocycles. The van der Waals surface area contributed by atoms with Crippen LogP contribution in [0, 0.1) is 5.41 Å². The van der Waals surface area contributed by atoms with E-state index in [0.29, 0.717) is 6.42 Å². The maximum Gasteiger partial charge on any atom is 0.221 e. The fraction of sp³-hybridized carbons (Fsp3) is 0.474. The van der Waals surface area contributed by atoms with Gasteiger partial charge in [0.25, 0.3) is 0 Å². The smallest absolute Gasteiger partial charge is 0.221 e. The molecule has 0 bridgehead atoms. The summed E-state index contributed by atoms with van der Waals surface area (Å²) in [5.41, 5.74) is 2.93. The summed E-state index contributed by atoms with van der Waals surface area (Å²) in [6, 6.07) is 7.59. The summed E-state index contributed by atoms with van der Waals surface area (Å²) in [6.45, 7) is 1.49. The Hall–Kier alpha value is -2.10. The van der Waals surface area contributed by atoms with E-state index in [2.05, 4.69) is 10.6 Å². The minimum Gasteiger partial charge on any atom is -0.359 e. The van der Waals surface area contributed by atoms with E-state index < -0.39 is 0 Å². The first-order valence-electron chi connectivity index (χ1n) is 8.43. The Morgan fingerprint density at radius 1 is 1.00 bits per heavy atom. The Balaban J connectivity index is 1.69. The summed E-state index contributed by atoms with van der Waals surface area (Å²) >= 11 is 0. The Bertz CT molecular complexity index is 625. The highest BCUT2D eigenvalue weighted by molar-refractivity contribution is 5.92. The van der Waals surface area contributed by atoms with Crippen LogP contribution in [0.1, 0.15) is 51.9 Å². The van der Waals surface area contributed by atoms with Crippen LogP contribution in [0.15, 0.2) is 36.0 Å². The highest BCUT2D eigenvalue weighted by atomic mass is 16.1. The summed E-state index contributed by atoms with van der Waals surface area (Å²) in [5, 5.41) is 6.14. The van der Waals surface area contributed by atoms with Crippen LogP contribution in [0.2, 0.25) is 0 Å². The predicted molar refractivity (Wildman–Crippen MR) is 92.2 cm³/mol. The largest absolute Gasteiger partial charge is 0.359 e. The minimum absolute atomic E-state index is 0.0782. The highest BCUT2D eigenvalue weighted by Gasteiger charge is 2.37. The molecule has 0 saturated heterocycles. The highest BCUT2D eigenvalue weighted by Crippen LogP contribution is 2.46. The Kier molecular flexibility index (Phi) is 4.51. The third-order valence-electron chi connectivity index (χ3n) is 4.87. The van der Waals surface area contributed by atoms with Crippen molar-refractivity contribution in [2.45, 2.75) is 51.9 Å². The van der Waals surface area contributed by atoms with Crippen LogP contribution in [0.5, 0.6) is 0 Å². The number of carbonyl (C=O) groups is 2. The molecule has 122 valence electrons. The van der Waals surface area contributed by atoms with Crippen molar-refractivity contribution in [2.75, 3.05) is 10.6 Å². The molecule has 2 aliphatic carbocycles. The number of hydrogen-bond acceptors (Lipinski definition) is 3. The molecule has 1 spiro atoms. The molecule has 4 heteroatoms. The summed E-state index contributed by atoms with van der Waals surface area (Å²) in [4.78, 5) is 23.2. The van der Waals surface area contributed by atoms with Gasteiger partial charge in [0, 0.05) is 36.5 Å². The Morgan fingerprint density at radius 3 is 2.30 bits per heavy atom. The second kappa shape index (κ2) is 6.57. The number of hydrogen-bond donors (Lipinski definition) is 2. The van der Waals surface area contributed by atoms with Gasteiger partial charge in [-0.1, -0.05) is 19.3 Å². The number of allylic oxidation sites excluding steroid dienone is 2. The lowest BCUT2D eigenvalue weighted by Crippen LogP contribution is -2.32. The third-order valence-corrected chi connectivity index (χ3v) is 4.87. The molecule has 4 nitrogen and oxygen atoms in total. The van der Waals surface area contributed by atoms with Gasteiger partial charge in [0.1, 0.15) is 0 Å². The lowest BCUT2D eigenvalue weighted by atomic mass is 9.66. The molecule has 1 aromatic rings. The second-order valence-electron chi connectivity index (χ2n) is 6.93. The molecular formula is C19H24N2O2. The van der Waals surface area contributed by atoms with E-state index in [0.717, 1.165) is 23.5 Å². The van der Waals surface area contributed by atoms with E-state index in [4.69, 9.17) is 0 Å². The standard InChI is InChI=1S/C19H24N2O2/c1-14(22)20-15-5-7-16(8-6-15)21-17-11-18(23)13-19(12-17)9-3-2-4-10-19/h5-8,11,21H,2-4,9-10,12-13H2,1H3,(H,20,22). The van der Waals surface area contributed by atoms with Crippen LogP contribution in [0.25, 0.3) is 0 Å². The quantitative estimate of drug-likeness (QED) is 0.877. The fourth-order valence-corrected chi connectivity index (χ4v) is 3.89. The van der Waals surface area contributed by atoms with Crippen LogP contribution < -0.4 is 10.6 Å². The third kappa shape index (κ3) is 4.01. The van der Waals surface area contributed by atoms with E-state index in [1.165, 1.54) is 39.0 Å². The van der Waals surface area contributed by atoms with Gasteiger partial charge in [0.15, 0.2) is 5.78 Å². The zero-order valence-electron chi connectivity index (χ0n) is 13.7. The molecule has 3 rings (SSSR count). The predicted octanol–water partition coefficient (Wildman–Crippen LogP) is 4.25. The molecule has 0 radical (unpaired) electrons. The molecule has 0 aliphatic heterocycles. The van der Waals surface area contributed by atoms with Crippen LogP contribution in [-0.2, 0) is 9.59 Å². The van der Waals surface area contributed by atoms with Gasteiger partial charge in [-0.25, -0.2) is 0 Å². The van der Waals surface area contributed by atoms with Gasteiger partial charge in [0.2, 0.25) is 5.91 Å². The number of amides is 1. The molecule has 1 fully saturated rings. The van der Waals surface area contributed by atoms with Crippen molar-refractivity contribution in [1.29, 1.82) is 0 Å². The Morgan fingerprint density at radius 2 is 1.65 bits per heavy atom. The SMILES string of the molecule is CC(=O)Nc1ccc(NC2=CC(=O)CC3(CCCCC3)C2)cc1. The normalized spacial score (nSPS) is 20.0. The van der Waals surface area contributed by atoms with Gasteiger partial charge in [-0.3, -0.25) is 9.59 Å². The van der Waals surface area contributed by atoms with Crippen molar-refractivity contribution < 1.29 is 9.59 Å². The molecular weight excluding hydrogens is 288 g/mol. The van der Waals surface area contributed by atoms with Crippen LogP contribution in [0.4, 0.5) is 11.4 Å². The summed E-state index contributed by atoms with van der Waals surface area (Å²) in [5.74, 6) is 0.168. The summed E-state index contributed by atoms with van der Waals surface area (Å²) < 4.78 is 0. The summed E-state index contributed by atoms with van der Waals surface area (Å²) in [6.07, 6.45) is 9.55. The molecule has 2 N–H and O–H groups in total. The van der Waals surface area contributed by atoms with Gasteiger partial charge < -0.3 is 10.6 Å². The van der Waals surface area contributed by atoms with Crippen molar-refractivity contribution in [3.63, 3.8) is 0 Å². The molecule has 1 saturated carbocycles. The zero-order chi connectivity index (χ0) is 16.3. The lowest BCUT2D eigenvalue weighted by molar-refractivity contribution is -0.118. The van der Waals surface area contributed by atoms with E-state index in [9.17, 15) is 9.59 Å². The van der Waals surface area contributed by atoms with E-state index in [1.807, 2.05) is 24.3 Å². The second-order valence-corrected chi connectivity index (χ2v) is 6.93.